The standard InChI is InChI=1S/C18H22ClN3O2/c1-4-15-18(22-13(3)12(2)21-15)24-16(17(23)20-11-10-19)14-8-6-5-7-9-14/h5-9,16H,4,10-11H2,1-3H3,(H,20,23). The van der Waals surface area contributed by atoms with Gasteiger partial charge in [0.15, 0.2) is 0 Å². The van der Waals surface area contributed by atoms with Crippen molar-refractivity contribution >= 4 is 17.5 Å². The molecule has 1 amide bonds. The highest BCUT2D eigenvalue weighted by atomic mass is 35.5. The summed E-state index contributed by atoms with van der Waals surface area (Å²) in [7, 11) is 0. The maximum atomic E-state index is 12.5. The van der Waals surface area contributed by atoms with Crippen molar-refractivity contribution in [1.82, 2.24) is 15.3 Å². The highest BCUT2D eigenvalue weighted by Gasteiger charge is 2.24. The lowest BCUT2D eigenvalue weighted by Gasteiger charge is -2.20. The van der Waals surface area contributed by atoms with Gasteiger partial charge in [-0.05, 0) is 20.3 Å². The molecule has 0 fully saturated rings. The van der Waals surface area contributed by atoms with Crippen LogP contribution < -0.4 is 10.1 Å². The average molecular weight is 348 g/mol. The Morgan fingerprint density at radius 1 is 1.21 bits per heavy atom. The first kappa shape index (κ1) is 18.2. The Kier molecular flexibility index (Phi) is 6.55. The van der Waals surface area contributed by atoms with Crippen LogP contribution in [-0.2, 0) is 11.2 Å². The second kappa shape index (κ2) is 8.64. The summed E-state index contributed by atoms with van der Waals surface area (Å²) in [5.74, 6) is 0.496. The summed E-state index contributed by atoms with van der Waals surface area (Å²) in [6, 6.07) is 9.33. The molecule has 2 rings (SSSR count). The zero-order chi connectivity index (χ0) is 17.5. The number of aromatic nitrogens is 2. The topological polar surface area (TPSA) is 64.1 Å². The van der Waals surface area contributed by atoms with Crippen molar-refractivity contribution in [2.24, 2.45) is 0 Å². The van der Waals surface area contributed by atoms with Gasteiger partial charge >= 0.3 is 0 Å². The molecule has 1 heterocycles. The first-order chi connectivity index (χ1) is 11.6. The van der Waals surface area contributed by atoms with Crippen LogP contribution in [0.25, 0.3) is 0 Å². The van der Waals surface area contributed by atoms with Gasteiger partial charge in [-0.15, -0.1) is 11.6 Å². The molecule has 24 heavy (non-hydrogen) atoms. The maximum Gasteiger partial charge on any atom is 0.265 e. The van der Waals surface area contributed by atoms with E-state index in [1.54, 1.807) is 0 Å². The van der Waals surface area contributed by atoms with Crippen molar-refractivity contribution in [3.63, 3.8) is 0 Å². The molecule has 0 bridgehead atoms. The number of ether oxygens (including phenoxy) is 1. The molecular weight excluding hydrogens is 326 g/mol. The fourth-order valence-electron chi connectivity index (χ4n) is 2.23. The summed E-state index contributed by atoms with van der Waals surface area (Å²) in [5, 5.41) is 2.77. The fourth-order valence-corrected chi connectivity index (χ4v) is 2.32. The quantitative estimate of drug-likeness (QED) is 0.781. The van der Waals surface area contributed by atoms with Gasteiger partial charge < -0.3 is 10.1 Å². The number of aryl methyl sites for hydroxylation is 3. The third-order valence-corrected chi connectivity index (χ3v) is 3.83. The van der Waals surface area contributed by atoms with Gasteiger partial charge in [0.25, 0.3) is 5.91 Å². The normalized spacial score (nSPS) is 11.8. The largest absolute Gasteiger partial charge is 0.458 e. The molecule has 0 spiro atoms. The highest BCUT2D eigenvalue weighted by molar-refractivity contribution is 6.18. The van der Waals surface area contributed by atoms with Crippen molar-refractivity contribution in [1.29, 1.82) is 0 Å². The number of nitrogens with one attached hydrogen (secondary N) is 1. The van der Waals surface area contributed by atoms with Gasteiger partial charge in [-0.2, -0.15) is 0 Å². The Balaban J connectivity index is 2.35. The minimum absolute atomic E-state index is 0.246. The predicted octanol–water partition coefficient (Wildman–Crippen LogP) is 3.13. The third-order valence-electron chi connectivity index (χ3n) is 3.64. The molecule has 5 nitrogen and oxygen atoms in total. The minimum Gasteiger partial charge on any atom is -0.458 e. The fraction of sp³-hybridized carbons (Fsp3) is 0.389. The van der Waals surface area contributed by atoms with Gasteiger partial charge in [0, 0.05) is 18.0 Å². The molecule has 0 saturated carbocycles. The molecule has 2 aromatic rings. The molecule has 0 aliphatic carbocycles. The van der Waals surface area contributed by atoms with Gasteiger partial charge in [-0.25, -0.2) is 4.98 Å². The lowest BCUT2D eigenvalue weighted by atomic mass is 10.1. The first-order valence-corrected chi connectivity index (χ1v) is 8.49. The average Bonchev–Trinajstić information content (AvgIpc) is 2.60. The van der Waals surface area contributed by atoms with E-state index in [9.17, 15) is 4.79 Å². The predicted molar refractivity (Wildman–Crippen MR) is 94.4 cm³/mol. The highest BCUT2D eigenvalue weighted by Crippen LogP contribution is 2.24. The molecule has 0 aliphatic heterocycles. The molecule has 6 heteroatoms. The number of hydrogen-bond acceptors (Lipinski definition) is 4. The van der Waals surface area contributed by atoms with Crippen molar-refractivity contribution in [3.05, 3.63) is 53.0 Å². The number of alkyl halides is 1. The summed E-state index contributed by atoms with van der Waals surface area (Å²) in [6.45, 7) is 6.15. The molecule has 1 unspecified atom stereocenters. The van der Waals surface area contributed by atoms with Gasteiger partial charge in [0.05, 0.1) is 11.4 Å². The Morgan fingerprint density at radius 2 is 1.88 bits per heavy atom. The van der Waals surface area contributed by atoms with Crippen molar-refractivity contribution in [2.75, 3.05) is 12.4 Å². The number of hydrogen-bond donors (Lipinski definition) is 1. The van der Waals surface area contributed by atoms with E-state index in [0.29, 0.717) is 24.7 Å². The number of nitrogens with zero attached hydrogens (tertiary/aromatic N) is 2. The van der Waals surface area contributed by atoms with Crippen molar-refractivity contribution in [3.8, 4) is 5.88 Å². The summed E-state index contributed by atoms with van der Waals surface area (Å²) in [4.78, 5) is 21.5. The van der Waals surface area contributed by atoms with Crippen LogP contribution in [0.4, 0.5) is 0 Å². The maximum absolute atomic E-state index is 12.5. The van der Waals surface area contributed by atoms with E-state index in [1.807, 2.05) is 51.1 Å². The van der Waals surface area contributed by atoms with Gasteiger partial charge in [-0.1, -0.05) is 37.3 Å². The van der Waals surface area contributed by atoms with Crippen LogP contribution in [0, 0.1) is 13.8 Å². The molecule has 0 saturated heterocycles. The monoisotopic (exact) mass is 347 g/mol. The van der Waals surface area contributed by atoms with Gasteiger partial charge in [-0.3, -0.25) is 9.78 Å². The lowest BCUT2D eigenvalue weighted by Crippen LogP contribution is -2.34. The molecule has 1 N–H and O–H groups in total. The summed E-state index contributed by atoms with van der Waals surface area (Å²) in [6.07, 6.45) is -0.120. The first-order valence-electron chi connectivity index (χ1n) is 7.96. The number of carbonyl (C=O) groups excluding carboxylic acids is 1. The Morgan fingerprint density at radius 3 is 2.50 bits per heavy atom. The number of carbonyl (C=O) groups is 1. The molecule has 128 valence electrons. The minimum atomic E-state index is -0.795. The van der Waals surface area contributed by atoms with Crippen LogP contribution in [0.3, 0.4) is 0 Å². The lowest BCUT2D eigenvalue weighted by molar-refractivity contribution is -0.128. The van der Waals surface area contributed by atoms with E-state index >= 15 is 0 Å². The van der Waals surface area contributed by atoms with Crippen molar-refractivity contribution < 1.29 is 9.53 Å². The third kappa shape index (κ3) is 4.45. The number of rotatable bonds is 7. The molecule has 1 aromatic heterocycles. The van der Waals surface area contributed by atoms with Crippen LogP contribution in [0.15, 0.2) is 30.3 Å². The molecule has 0 radical (unpaired) electrons. The Labute approximate surface area is 147 Å². The molecule has 1 aromatic carbocycles. The molecule has 1 atom stereocenters. The van der Waals surface area contributed by atoms with Crippen LogP contribution in [-0.4, -0.2) is 28.3 Å². The molecular formula is C18H22ClN3O2. The van der Waals surface area contributed by atoms with E-state index in [1.165, 1.54) is 0 Å². The van der Waals surface area contributed by atoms with E-state index in [-0.39, 0.29) is 5.91 Å². The smallest absolute Gasteiger partial charge is 0.265 e. The number of benzene rings is 1. The van der Waals surface area contributed by atoms with E-state index in [0.717, 1.165) is 22.6 Å². The number of halogens is 1. The SMILES string of the molecule is CCc1nc(C)c(C)nc1OC(C(=O)NCCCl)c1ccccc1. The zero-order valence-corrected chi connectivity index (χ0v) is 14.9. The van der Waals surface area contributed by atoms with Crippen LogP contribution in [0.1, 0.15) is 35.7 Å². The molecule has 0 aliphatic rings. The Bertz CT molecular complexity index is 692. The van der Waals surface area contributed by atoms with Crippen LogP contribution in [0.5, 0.6) is 5.88 Å². The van der Waals surface area contributed by atoms with Crippen molar-refractivity contribution in [2.45, 2.75) is 33.3 Å². The van der Waals surface area contributed by atoms with E-state index in [4.69, 9.17) is 16.3 Å². The second-order valence-corrected chi connectivity index (χ2v) is 5.77. The Hall–Kier alpha value is -2.14. The van der Waals surface area contributed by atoms with E-state index < -0.39 is 6.10 Å². The summed E-state index contributed by atoms with van der Waals surface area (Å²) in [5.41, 5.74) is 3.15. The summed E-state index contributed by atoms with van der Waals surface area (Å²) < 4.78 is 5.99. The van der Waals surface area contributed by atoms with Gasteiger partial charge in [0.1, 0.15) is 5.69 Å². The van der Waals surface area contributed by atoms with Gasteiger partial charge in [0.2, 0.25) is 12.0 Å². The number of amides is 1. The van der Waals surface area contributed by atoms with E-state index in [2.05, 4.69) is 15.3 Å². The second-order valence-electron chi connectivity index (χ2n) is 5.39. The summed E-state index contributed by atoms with van der Waals surface area (Å²) >= 11 is 5.66. The zero-order valence-electron chi connectivity index (χ0n) is 14.2. The van der Waals surface area contributed by atoms with Crippen LogP contribution in [0.2, 0.25) is 0 Å². The van der Waals surface area contributed by atoms with Crippen LogP contribution >= 0.6 is 11.6 Å².